The van der Waals surface area contributed by atoms with Crippen LogP contribution in [-0.4, -0.2) is 25.5 Å². The molecule has 3 N–H and O–H groups in total. The molecule has 0 atom stereocenters. The summed E-state index contributed by atoms with van der Waals surface area (Å²) in [5.41, 5.74) is 5.99. The van der Waals surface area contributed by atoms with Gasteiger partial charge in [0.15, 0.2) is 5.65 Å². The topological polar surface area (TPSA) is 106 Å². The molecule has 0 saturated heterocycles. The number of H-pyrrole nitrogens is 1. The second-order valence-electron chi connectivity index (χ2n) is 4.05. The van der Waals surface area contributed by atoms with Crippen molar-refractivity contribution in [2.24, 2.45) is 5.73 Å². The molecular formula is C12H8ClN5O2. The minimum atomic E-state index is -0.670. The van der Waals surface area contributed by atoms with E-state index in [2.05, 4.69) is 15.1 Å². The predicted octanol–water partition coefficient (Wildman–Crippen LogP) is 0.837. The Bertz CT molecular complexity index is 866. The number of amides is 1. The van der Waals surface area contributed by atoms with Gasteiger partial charge in [-0.3, -0.25) is 19.7 Å². The van der Waals surface area contributed by atoms with Gasteiger partial charge in [-0.1, -0.05) is 11.6 Å². The first-order valence-electron chi connectivity index (χ1n) is 5.59. The molecule has 0 spiro atoms. The lowest BCUT2D eigenvalue weighted by Gasteiger charge is -2.01. The van der Waals surface area contributed by atoms with Crippen LogP contribution in [-0.2, 0) is 0 Å². The average molecular weight is 290 g/mol. The third-order valence-corrected chi connectivity index (χ3v) is 2.98. The Hall–Kier alpha value is -2.67. The summed E-state index contributed by atoms with van der Waals surface area (Å²) in [6.07, 6.45) is 2.79. The van der Waals surface area contributed by atoms with E-state index >= 15 is 0 Å². The average Bonchev–Trinajstić information content (AvgIpc) is 2.84. The lowest BCUT2D eigenvalue weighted by Crippen LogP contribution is -2.16. The molecule has 3 rings (SSSR count). The molecule has 3 aromatic heterocycles. The van der Waals surface area contributed by atoms with Crippen molar-refractivity contribution in [1.29, 1.82) is 0 Å². The Morgan fingerprint density at radius 3 is 2.80 bits per heavy atom. The molecule has 0 fully saturated rings. The zero-order chi connectivity index (χ0) is 14.3. The van der Waals surface area contributed by atoms with Gasteiger partial charge in [0.25, 0.3) is 11.5 Å². The van der Waals surface area contributed by atoms with Crippen molar-refractivity contribution in [3.05, 3.63) is 51.5 Å². The number of nitrogens with two attached hydrogens (primary N) is 1. The number of carbonyl (C=O) groups is 1. The zero-order valence-corrected chi connectivity index (χ0v) is 10.8. The SMILES string of the molecule is NC(=O)c1c[nH]n2c(=O)cc(-c3ccc(Cl)cn3)nc12. The molecule has 3 aromatic rings. The van der Waals surface area contributed by atoms with E-state index in [-0.39, 0.29) is 16.8 Å². The first kappa shape index (κ1) is 12.4. The number of aromatic amines is 1. The van der Waals surface area contributed by atoms with Gasteiger partial charge in [-0.2, -0.15) is 0 Å². The summed E-state index contributed by atoms with van der Waals surface area (Å²) in [5.74, 6) is -0.670. The number of primary amides is 1. The van der Waals surface area contributed by atoms with E-state index in [0.29, 0.717) is 16.4 Å². The normalized spacial score (nSPS) is 10.8. The molecule has 0 aliphatic heterocycles. The molecule has 1 amide bonds. The van der Waals surface area contributed by atoms with Gasteiger partial charge < -0.3 is 5.73 Å². The molecule has 8 heteroatoms. The molecule has 3 heterocycles. The summed E-state index contributed by atoms with van der Waals surface area (Å²) < 4.78 is 1.14. The molecule has 0 radical (unpaired) electrons. The first-order chi connectivity index (χ1) is 9.56. The molecule has 0 aromatic carbocycles. The van der Waals surface area contributed by atoms with Crippen LogP contribution in [0.25, 0.3) is 17.0 Å². The smallest absolute Gasteiger partial charge is 0.273 e. The van der Waals surface area contributed by atoms with Gasteiger partial charge in [0.05, 0.1) is 16.4 Å². The number of carbonyl (C=O) groups excluding carboxylic acids is 1. The van der Waals surface area contributed by atoms with Crippen LogP contribution in [0, 0.1) is 0 Å². The van der Waals surface area contributed by atoms with Crippen LogP contribution in [0.5, 0.6) is 0 Å². The number of fused-ring (bicyclic) bond motifs is 1. The highest BCUT2D eigenvalue weighted by atomic mass is 35.5. The maximum Gasteiger partial charge on any atom is 0.273 e. The second kappa shape index (κ2) is 4.46. The fourth-order valence-electron chi connectivity index (χ4n) is 1.82. The molecule has 0 saturated carbocycles. The molecular weight excluding hydrogens is 282 g/mol. The predicted molar refractivity (Wildman–Crippen MR) is 72.6 cm³/mol. The maximum absolute atomic E-state index is 12.0. The van der Waals surface area contributed by atoms with Crippen LogP contribution in [0.15, 0.2) is 35.4 Å². The van der Waals surface area contributed by atoms with E-state index < -0.39 is 5.91 Å². The minimum Gasteiger partial charge on any atom is -0.365 e. The largest absolute Gasteiger partial charge is 0.365 e. The molecule has 0 unspecified atom stereocenters. The van der Waals surface area contributed by atoms with Gasteiger partial charge in [-0.05, 0) is 12.1 Å². The maximum atomic E-state index is 12.0. The Morgan fingerprint density at radius 2 is 2.15 bits per heavy atom. The molecule has 0 aliphatic rings. The fraction of sp³-hybridized carbons (Fsp3) is 0. The number of halogens is 1. The lowest BCUT2D eigenvalue weighted by molar-refractivity contribution is 0.100. The van der Waals surface area contributed by atoms with E-state index in [1.54, 1.807) is 12.1 Å². The van der Waals surface area contributed by atoms with Crippen molar-refractivity contribution in [2.45, 2.75) is 0 Å². The number of hydrogen-bond donors (Lipinski definition) is 2. The van der Waals surface area contributed by atoms with E-state index in [1.807, 2.05) is 0 Å². The van der Waals surface area contributed by atoms with Crippen molar-refractivity contribution in [2.75, 3.05) is 0 Å². The Morgan fingerprint density at radius 1 is 1.35 bits per heavy atom. The first-order valence-corrected chi connectivity index (χ1v) is 5.97. The van der Waals surface area contributed by atoms with Crippen molar-refractivity contribution in [3.8, 4) is 11.4 Å². The quantitative estimate of drug-likeness (QED) is 0.729. The monoisotopic (exact) mass is 289 g/mol. The number of hydrogen-bond acceptors (Lipinski definition) is 4. The number of aromatic nitrogens is 4. The standard InChI is InChI=1S/C12H8ClN5O2/c13-6-1-2-8(15-4-6)9-3-10(19)18-12(17-9)7(5-16-18)11(14)20/h1-5,16H,(H2,14,20). The molecule has 0 bridgehead atoms. The van der Waals surface area contributed by atoms with Crippen LogP contribution in [0.3, 0.4) is 0 Å². The van der Waals surface area contributed by atoms with Gasteiger partial charge in [0, 0.05) is 18.5 Å². The zero-order valence-electron chi connectivity index (χ0n) is 10.0. The van der Waals surface area contributed by atoms with Gasteiger partial charge in [-0.15, -0.1) is 0 Å². The van der Waals surface area contributed by atoms with Crippen molar-refractivity contribution in [1.82, 2.24) is 19.6 Å². The summed E-state index contributed by atoms with van der Waals surface area (Å²) >= 11 is 5.76. The number of rotatable bonds is 2. The highest BCUT2D eigenvalue weighted by Crippen LogP contribution is 2.16. The summed E-state index contributed by atoms with van der Waals surface area (Å²) in [7, 11) is 0. The third-order valence-electron chi connectivity index (χ3n) is 2.75. The van der Waals surface area contributed by atoms with Crippen LogP contribution in [0.2, 0.25) is 5.02 Å². The van der Waals surface area contributed by atoms with Crippen LogP contribution < -0.4 is 11.3 Å². The Kier molecular flexibility index (Phi) is 2.76. The van der Waals surface area contributed by atoms with Crippen molar-refractivity contribution in [3.63, 3.8) is 0 Å². The number of nitrogens with zero attached hydrogens (tertiary/aromatic N) is 3. The van der Waals surface area contributed by atoms with Crippen LogP contribution in [0.1, 0.15) is 10.4 Å². The summed E-state index contributed by atoms with van der Waals surface area (Å²) in [5, 5.41) is 3.10. The Balaban J connectivity index is 2.27. The van der Waals surface area contributed by atoms with Gasteiger partial charge >= 0.3 is 0 Å². The molecule has 20 heavy (non-hydrogen) atoms. The van der Waals surface area contributed by atoms with Crippen molar-refractivity contribution < 1.29 is 4.79 Å². The van der Waals surface area contributed by atoms with E-state index in [1.165, 1.54) is 18.5 Å². The van der Waals surface area contributed by atoms with Crippen molar-refractivity contribution >= 4 is 23.2 Å². The Labute approximate surface area is 117 Å². The number of pyridine rings is 1. The van der Waals surface area contributed by atoms with Gasteiger partial charge in [0.2, 0.25) is 0 Å². The van der Waals surface area contributed by atoms with Gasteiger partial charge in [0.1, 0.15) is 5.56 Å². The minimum absolute atomic E-state index is 0.137. The van der Waals surface area contributed by atoms with Gasteiger partial charge in [-0.25, -0.2) is 9.50 Å². The van der Waals surface area contributed by atoms with E-state index in [4.69, 9.17) is 17.3 Å². The summed E-state index contributed by atoms with van der Waals surface area (Å²) in [6, 6.07) is 4.58. The molecule has 7 nitrogen and oxygen atoms in total. The molecule has 0 aliphatic carbocycles. The van der Waals surface area contributed by atoms with E-state index in [0.717, 1.165) is 4.52 Å². The lowest BCUT2D eigenvalue weighted by atomic mass is 10.2. The molecule has 100 valence electrons. The highest BCUT2D eigenvalue weighted by molar-refractivity contribution is 6.30. The second-order valence-corrected chi connectivity index (χ2v) is 4.49. The summed E-state index contributed by atoms with van der Waals surface area (Å²) in [6.45, 7) is 0. The van der Waals surface area contributed by atoms with Crippen LogP contribution >= 0.6 is 11.6 Å². The third kappa shape index (κ3) is 1.94. The van der Waals surface area contributed by atoms with E-state index in [9.17, 15) is 9.59 Å². The highest BCUT2D eigenvalue weighted by Gasteiger charge is 2.14. The fourth-order valence-corrected chi connectivity index (χ4v) is 1.93. The summed E-state index contributed by atoms with van der Waals surface area (Å²) in [4.78, 5) is 31.6. The number of nitrogens with one attached hydrogen (secondary N) is 1. The van der Waals surface area contributed by atoms with Crippen LogP contribution in [0.4, 0.5) is 0 Å².